The molecule has 3 aromatic heterocycles. The normalized spacial score (nSPS) is 20.5. The summed E-state index contributed by atoms with van der Waals surface area (Å²) in [7, 11) is 1.90. The number of carbonyl (C=O) groups is 1. The molecular formula is C17H19N5O2. The van der Waals surface area contributed by atoms with Gasteiger partial charge in [0, 0.05) is 37.8 Å². The summed E-state index contributed by atoms with van der Waals surface area (Å²) in [6.07, 6.45) is 9.76. The number of nitrogens with one attached hydrogen (secondary N) is 1. The molecule has 4 rings (SSSR count). The molecule has 2 atom stereocenters. The van der Waals surface area contributed by atoms with E-state index in [1.54, 1.807) is 23.1 Å². The van der Waals surface area contributed by atoms with Crippen molar-refractivity contribution >= 4 is 11.6 Å². The molecule has 0 aromatic carbocycles. The molecule has 124 valence electrons. The van der Waals surface area contributed by atoms with Gasteiger partial charge in [-0.3, -0.25) is 9.78 Å². The van der Waals surface area contributed by atoms with Crippen molar-refractivity contribution in [2.45, 2.75) is 12.5 Å². The number of fused-ring (bicyclic) bond motifs is 1. The van der Waals surface area contributed by atoms with Gasteiger partial charge in [-0.15, -0.1) is 0 Å². The van der Waals surface area contributed by atoms with Crippen LogP contribution in [0.2, 0.25) is 0 Å². The maximum Gasteiger partial charge on any atom is 0.257 e. The molecule has 1 aliphatic rings. The van der Waals surface area contributed by atoms with Gasteiger partial charge in [-0.2, -0.15) is 5.10 Å². The number of aromatic nitrogens is 4. The summed E-state index contributed by atoms with van der Waals surface area (Å²) in [5, 5.41) is 7.33. The lowest BCUT2D eigenvalue weighted by atomic mass is 9.95. The fourth-order valence-electron chi connectivity index (χ4n) is 3.24. The summed E-state index contributed by atoms with van der Waals surface area (Å²) >= 11 is 0. The number of imidazole rings is 1. The van der Waals surface area contributed by atoms with E-state index < -0.39 is 0 Å². The minimum atomic E-state index is -0.109. The van der Waals surface area contributed by atoms with E-state index in [1.165, 1.54) is 5.56 Å². The third-order valence-corrected chi connectivity index (χ3v) is 4.54. The minimum Gasteiger partial charge on any atom is -0.379 e. The lowest BCUT2D eigenvalue weighted by Crippen LogP contribution is -2.40. The van der Waals surface area contributed by atoms with Gasteiger partial charge in [0.25, 0.3) is 5.91 Å². The van der Waals surface area contributed by atoms with Crippen molar-refractivity contribution in [1.29, 1.82) is 0 Å². The van der Waals surface area contributed by atoms with E-state index in [-0.39, 0.29) is 17.9 Å². The highest BCUT2D eigenvalue weighted by atomic mass is 16.5. The van der Waals surface area contributed by atoms with Crippen LogP contribution in [0.3, 0.4) is 0 Å². The Bertz CT molecular complexity index is 854. The molecule has 0 unspecified atom stereocenters. The summed E-state index contributed by atoms with van der Waals surface area (Å²) in [5.41, 5.74) is 2.57. The van der Waals surface area contributed by atoms with Gasteiger partial charge in [-0.25, -0.2) is 4.52 Å². The Balaban J connectivity index is 1.49. The first-order valence-electron chi connectivity index (χ1n) is 7.98. The molecule has 1 aliphatic heterocycles. The molecule has 7 heteroatoms. The van der Waals surface area contributed by atoms with Gasteiger partial charge in [0.2, 0.25) is 0 Å². The monoisotopic (exact) mass is 325 g/mol. The first kappa shape index (κ1) is 14.9. The Morgan fingerprint density at radius 2 is 2.17 bits per heavy atom. The van der Waals surface area contributed by atoms with Crippen molar-refractivity contribution in [1.82, 2.24) is 24.5 Å². The quantitative estimate of drug-likeness (QED) is 0.778. The minimum absolute atomic E-state index is 0.000818. The SMILES string of the molecule is Cn1ccn2ncc(C(=O)N[C@H]3COC[C@H]3Cc3ccncc3)c12. The van der Waals surface area contributed by atoms with E-state index in [9.17, 15) is 4.79 Å². The number of hydrogen-bond donors (Lipinski definition) is 1. The topological polar surface area (TPSA) is 73.5 Å². The second-order valence-corrected chi connectivity index (χ2v) is 6.17. The van der Waals surface area contributed by atoms with Crippen LogP contribution in [-0.4, -0.2) is 44.3 Å². The van der Waals surface area contributed by atoms with Crippen LogP contribution in [0.5, 0.6) is 0 Å². The van der Waals surface area contributed by atoms with Crippen LogP contribution in [0, 0.1) is 5.92 Å². The van der Waals surface area contributed by atoms with Crippen molar-refractivity contribution in [3.63, 3.8) is 0 Å². The van der Waals surface area contributed by atoms with Crippen LogP contribution in [-0.2, 0) is 18.2 Å². The van der Waals surface area contributed by atoms with Crippen molar-refractivity contribution < 1.29 is 9.53 Å². The molecule has 0 aliphatic carbocycles. The van der Waals surface area contributed by atoms with E-state index in [4.69, 9.17) is 4.74 Å². The molecule has 1 saturated heterocycles. The van der Waals surface area contributed by atoms with E-state index in [2.05, 4.69) is 15.4 Å². The molecule has 0 radical (unpaired) electrons. The molecule has 24 heavy (non-hydrogen) atoms. The highest BCUT2D eigenvalue weighted by Crippen LogP contribution is 2.20. The van der Waals surface area contributed by atoms with Crippen molar-refractivity contribution in [2.24, 2.45) is 13.0 Å². The van der Waals surface area contributed by atoms with E-state index in [0.717, 1.165) is 12.1 Å². The number of amides is 1. The zero-order valence-corrected chi connectivity index (χ0v) is 13.4. The van der Waals surface area contributed by atoms with Gasteiger partial charge >= 0.3 is 0 Å². The Morgan fingerprint density at radius 1 is 1.33 bits per heavy atom. The molecule has 3 aromatic rings. The van der Waals surface area contributed by atoms with Gasteiger partial charge < -0.3 is 14.6 Å². The molecule has 0 bridgehead atoms. The first-order valence-corrected chi connectivity index (χ1v) is 7.98. The third kappa shape index (κ3) is 2.67. The van der Waals surface area contributed by atoms with Crippen molar-refractivity contribution in [3.8, 4) is 0 Å². The first-order chi connectivity index (χ1) is 11.7. The highest BCUT2D eigenvalue weighted by Gasteiger charge is 2.30. The third-order valence-electron chi connectivity index (χ3n) is 4.54. The Morgan fingerprint density at radius 3 is 3.00 bits per heavy atom. The summed E-state index contributed by atoms with van der Waals surface area (Å²) in [6.45, 7) is 1.19. The summed E-state index contributed by atoms with van der Waals surface area (Å²) in [4.78, 5) is 16.7. The summed E-state index contributed by atoms with van der Waals surface area (Å²) in [6, 6.07) is 4.01. The van der Waals surface area contributed by atoms with Crippen LogP contribution in [0.15, 0.2) is 43.1 Å². The van der Waals surface area contributed by atoms with Crippen LogP contribution in [0.25, 0.3) is 5.65 Å². The van der Waals surface area contributed by atoms with Crippen LogP contribution >= 0.6 is 0 Å². The Kier molecular flexibility index (Phi) is 3.78. The lowest BCUT2D eigenvalue weighted by Gasteiger charge is -2.19. The maximum absolute atomic E-state index is 12.7. The number of aryl methyl sites for hydroxylation is 1. The Labute approximate surface area is 139 Å². The molecule has 0 spiro atoms. The largest absolute Gasteiger partial charge is 0.379 e. The molecule has 4 heterocycles. The molecular weight excluding hydrogens is 306 g/mol. The van der Waals surface area contributed by atoms with E-state index in [1.807, 2.05) is 36.1 Å². The van der Waals surface area contributed by atoms with E-state index >= 15 is 0 Å². The van der Waals surface area contributed by atoms with E-state index in [0.29, 0.717) is 18.8 Å². The smallest absolute Gasteiger partial charge is 0.257 e. The van der Waals surface area contributed by atoms with Gasteiger partial charge in [0.05, 0.1) is 25.5 Å². The Hall–Kier alpha value is -2.67. The summed E-state index contributed by atoms with van der Waals surface area (Å²) in [5.74, 6) is 0.151. The van der Waals surface area contributed by atoms with Crippen molar-refractivity contribution in [3.05, 3.63) is 54.2 Å². The standard InChI is InChI=1S/C17H19N5O2/c1-21-6-7-22-17(21)14(9-19-22)16(23)20-15-11-24-10-13(15)8-12-2-4-18-5-3-12/h2-7,9,13,15H,8,10-11H2,1H3,(H,20,23)/t13-,15+/m1/s1. The number of ether oxygens (including phenoxy) is 1. The zero-order valence-electron chi connectivity index (χ0n) is 13.4. The van der Waals surface area contributed by atoms with Gasteiger partial charge in [0.15, 0.2) is 0 Å². The predicted octanol–water partition coefficient (Wildman–Crippen LogP) is 1.06. The molecule has 1 amide bonds. The van der Waals surface area contributed by atoms with Crippen LogP contribution < -0.4 is 5.32 Å². The van der Waals surface area contributed by atoms with Crippen molar-refractivity contribution in [2.75, 3.05) is 13.2 Å². The second-order valence-electron chi connectivity index (χ2n) is 6.17. The average Bonchev–Trinajstić information content (AvgIpc) is 3.28. The fourth-order valence-corrected chi connectivity index (χ4v) is 3.24. The number of nitrogens with zero attached hydrogens (tertiary/aromatic N) is 4. The lowest BCUT2D eigenvalue weighted by molar-refractivity contribution is 0.0926. The van der Waals surface area contributed by atoms with Gasteiger partial charge in [0.1, 0.15) is 11.2 Å². The maximum atomic E-state index is 12.7. The number of rotatable bonds is 4. The highest BCUT2D eigenvalue weighted by molar-refractivity contribution is 6.00. The molecule has 1 fully saturated rings. The molecule has 0 saturated carbocycles. The van der Waals surface area contributed by atoms with Crippen LogP contribution in [0.4, 0.5) is 0 Å². The number of pyridine rings is 1. The number of carbonyl (C=O) groups excluding carboxylic acids is 1. The fraction of sp³-hybridized carbons (Fsp3) is 0.353. The average molecular weight is 325 g/mol. The predicted molar refractivity (Wildman–Crippen MR) is 87.7 cm³/mol. The van der Waals surface area contributed by atoms with Crippen LogP contribution in [0.1, 0.15) is 15.9 Å². The van der Waals surface area contributed by atoms with Gasteiger partial charge in [-0.1, -0.05) is 0 Å². The molecule has 7 nitrogen and oxygen atoms in total. The number of hydrogen-bond acceptors (Lipinski definition) is 4. The van der Waals surface area contributed by atoms with Gasteiger partial charge in [-0.05, 0) is 24.1 Å². The zero-order chi connectivity index (χ0) is 16.5. The second kappa shape index (κ2) is 6.09. The molecule has 1 N–H and O–H groups in total. The summed E-state index contributed by atoms with van der Waals surface area (Å²) < 4.78 is 9.19.